The molecule has 6 heteroatoms. The number of hydrogen-bond donors (Lipinski definition) is 3. The summed E-state index contributed by atoms with van der Waals surface area (Å²) in [6, 6.07) is 11.6. The number of anilines is 2. The SMILES string of the molecule is Nc1ccc(CC(=O)Nc2c(Br)cccc2C(=O)O)cc1. The van der Waals surface area contributed by atoms with E-state index >= 15 is 0 Å². The third-order valence-corrected chi connectivity index (χ3v) is 3.51. The Balaban J connectivity index is 2.16. The van der Waals surface area contributed by atoms with Crippen molar-refractivity contribution >= 4 is 39.2 Å². The number of rotatable bonds is 4. The number of aromatic carboxylic acids is 1. The molecule has 2 aromatic rings. The zero-order valence-electron chi connectivity index (χ0n) is 11.0. The molecule has 5 nitrogen and oxygen atoms in total. The van der Waals surface area contributed by atoms with E-state index in [1.54, 1.807) is 36.4 Å². The van der Waals surface area contributed by atoms with Gasteiger partial charge in [-0.25, -0.2) is 4.79 Å². The van der Waals surface area contributed by atoms with E-state index in [0.717, 1.165) is 5.56 Å². The highest BCUT2D eigenvalue weighted by Gasteiger charge is 2.15. The summed E-state index contributed by atoms with van der Waals surface area (Å²) >= 11 is 3.24. The number of carbonyl (C=O) groups excluding carboxylic acids is 1. The maximum absolute atomic E-state index is 12.0. The predicted molar refractivity (Wildman–Crippen MR) is 84.3 cm³/mol. The van der Waals surface area contributed by atoms with Crippen molar-refractivity contribution in [2.24, 2.45) is 0 Å². The fraction of sp³-hybridized carbons (Fsp3) is 0.0667. The van der Waals surface area contributed by atoms with Crippen LogP contribution in [0.25, 0.3) is 0 Å². The van der Waals surface area contributed by atoms with Crippen LogP contribution in [-0.4, -0.2) is 17.0 Å². The van der Waals surface area contributed by atoms with Crippen LogP contribution in [0.2, 0.25) is 0 Å². The predicted octanol–water partition coefficient (Wildman–Crippen LogP) is 2.91. The molecule has 0 heterocycles. The Bertz CT molecular complexity index is 684. The Morgan fingerprint density at radius 2 is 1.81 bits per heavy atom. The fourth-order valence-electron chi connectivity index (χ4n) is 1.83. The summed E-state index contributed by atoms with van der Waals surface area (Å²) in [4.78, 5) is 23.2. The first-order valence-electron chi connectivity index (χ1n) is 6.13. The maximum atomic E-state index is 12.0. The van der Waals surface area contributed by atoms with Gasteiger partial charge in [-0.2, -0.15) is 0 Å². The quantitative estimate of drug-likeness (QED) is 0.740. The number of halogens is 1. The second kappa shape index (κ2) is 6.41. The molecule has 0 aromatic heterocycles. The summed E-state index contributed by atoms with van der Waals surface area (Å²) in [5.74, 6) is -1.40. The van der Waals surface area contributed by atoms with E-state index in [9.17, 15) is 9.59 Å². The monoisotopic (exact) mass is 348 g/mol. The molecule has 0 bridgehead atoms. The van der Waals surface area contributed by atoms with Gasteiger partial charge >= 0.3 is 5.97 Å². The molecule has 2 rings (SSSR count). The molecule has 21 heavy (non-hydrogen) atoms. The van der Waals surface area contributed by atoms with Crippen molar-refractivity contribution in [2.45, 2.75) is 6.42 Å². The molecule has 0 radical (unpaired) electrons. The molecule has 0 saturated carbocycles. The van der Waals surface area contributed by atoms with Crippen LogP contribution in [0.3, 0.4) is 0 Å². The van der Waals surface area contributed by atoms with Gasteiger partial charge in [-0.15, -0.1) is 0 Å². The van der Waals surface area contributed by atoms with Crippen molar-refractivity contribution in [3.63, 3.8) is 0 Å². The van der Waals surface area contributed by atoms with Gasteiger partial charge in [-0.3, -0.25) is 4.79 Å². The molecule has 0 unspecified atom stereocenters. The molecular weight excluding hydrogens is 336 g/mol. The molecule has 0 fully saturated rings. The third-order valence-electron chi connectivity index (χ3n) is 2.85. The highest BCUT2D eigenvalue weighted by Crippen LogP contribution is 2.26. The summed E-state index contributed by atoms with van der Waals surface area (Å²) < 4.78 is 0.521. The fourth-order valence-corrected chi connectivity index (χ4v) is 2.30. The Labute approximate surface area is 129 Å². The van der Waals surface area contributed by atoms with Crippen molar-refractivity contribution in [3.05, 3.63) is 58.1 Å². The minimum Gasteiger partial charge on any atom is -0.478 e. The van der Waals surface area contributed by atoms with E-state index < -0.39 is 5.97 Å². The molecule has 0 saturated heterocycles. The zero-order chi connectivity index (χ0) is 15.4. The van der Waals surface area contributed by atoms with Gasteiger partial charge in [0.15, 0.2) is 0 Å². The first-order chi connectivity index (χ1) is 9.97. The van der Waals surface area contributed by atoms with Gasteiger partial charge in [0, 0.05) is 10.2 Å². The first kappa shape index (κ1) is 15.1. The van der Waals surface area contributed by atoms with E-state index in [-0.39, 0.29) is 23.6 Å². The lowest BCUT2D eigenvalue weighted by Gasteiger charge is -2.10. The van der Waals surface area contributed by atoms with E-state index in [1.807, 2.05) is 0 Å². The van der Waals surface area contributed by atoms with E-state index in [1.165, 1.54) is 6.07 Å². The van der Waals surface area contributed by atoms with Crippen LogP contribution in [0.5, 0.6) is 0 Å². The molecule has 1 amide bonds. The van der Waals surface area contributed by atoms with Gasteiger partial charge in [-0.1, -0.05) is 18.2 Å². The molecule has 0 aliphatic heterocycles. The molecule has 0 aliphatic rings. The summed E-state index contributed by atoms with van der Waals surface area (Å²) in [6.45, 7) is 0. The van der Waals surface area contributed by atoms with Crippen LogP contribution in [0.1, 0.15) is 15.9 Å². The number of para-hydroxylation sites is 1. The van der Waals surface area contributed by atoms with Crippen LogP contribution < -0.4 is 11.1 Å². The van der Waals surface area contributed by atoms with Crippen LogP contribution in [0.15, 0.2) is 46.9 Å². The van der Waals surface area contributed by atoms with Crippen molar-refractivity contribution < 1.29 is 14.7 Å². The summed E-state index contributed by atoms with van der Waals surface area (Å²) in [6.07, 6.45) is 0.140. The van der Waals surface area contributed by atoms with E-state index in [2.05, 4.69) is 21.2 Å². The first-order valence-corrected chi connectivity index (χ1v) is 6.93. The second-order valence-electron chi connectivity index (χ2n) is 4.43. The zero-order valence-corrected chi connectivity index (χ0v) is 12.6. The Hall–Kier alpha value is -2.34. The minimum absolute atomic E-state index is 0.0371. The van der Waals surface area contributed by atoms with Crippen LogP contribution in [0, 0.1) is 0 Å². The lowest BCUT2D eigenvalue weighted by Crippen LogP contribution is -2.17. The van der Waals surface area contributed by atoms with E-state index in [0.29, 0.717) is 10.2 Å². The molecule has 2 aromatic carbocycles. The smallest absolute Gasteiger partial charge is 0.337 e. The largest absolute Gasteiger partial charge is 0.478 e. The number of nitrogen functional groups attached to an aromatic ring is 1. The van der Waals surface area contributed by atoms with Crippen molar-refractivity contribution in [1.82, 2.24) is 0 Å². The number of amides is 1. The third kappa shape index (κ3) is 3.82. The lowest BCUT2D eigenvalue weighted by atomic mass is 10.1. The average Bonchev–Trinajstić information content (AvgIpc) is 2.43. The normalized spacial score (nSPS) is 10.1. The standard InChI is InChI=1S/C15H13BrN2O3/c16-12-3-1-2-11(15(20)21)14(12)18-13(19)8-9-4-6-10(17)7-5-9/h1-7H,8,17H2,(H,18,19)(H,20,21). The van der Waals surface area contributed by atoms with Gasteiger partial charge in [0.1, 0.15) is 0 Å². The van der Waals surface area contributed by atoms with E-state index in [4.69, 9.17) is 10.8 Å². The Morgan fingerprint density at radius 1 is 1.14 bits per heavy atom. The Morgan fingerprint density at radius 3 is 2.43 bits per heavy atom. The van der Waals surface area contributed by atoms with Gasteiger partial charge in [0.2, 0.25) is 5.91 Å². The molecule has 0 spiro atoms. The van der Waals surface area contributed by atoms with Gasteiger partial charge in [-0.05, 0) is 45.8 Å². The number of carboxylic acid groups (broad SMARTS) is 1. The van der Waals surface area contributed by atoms with Crippen molar-refractivity contribution in [1.29, 1.82) is 0 Å². The molecule has 0 atom stereocenters. The summed E-state index contributed by atoms with van der Waals surface area (Å²) in [5, 5.41) is 11.8. The van der Waals surface area contributed by atoms with Crippen molar-refractivity contribution in [2.75, 3.05) is 11.1 Å². The summed E-state index contributed by atoms with van der Waals surface area (Å²) in [7, 11) is 0. The van der Waals surface area contributed by atoms with Crippen LogP contribution >= 0.6 is 15.9 Å². The number of carbonyl (C=O) groups is 2. The number of carboxylic acids is 1. The number of nitrogens with two attached hydrogens (primary N) is 1. The molecule has 4 N–H and O–H groups in total. The highest BCUT2D eigenvalue weighted by atomic mass is 79.9. The highest BCUT2D eigenvalue weighted by molar-refractivity contribution is 9.10. The summed E-state index contributed by atoms with van der Waals surface area (Å²) in [5.41, 5.74) is 7.29. The number of benzene rings is 2. The topological polar surface area (TPSA) is 92.4 Å². The minimum atomic E-state index is -1.10. The van der Waals surface area contributed by atoms with Gasteiger partial charge in [0.05, 0.1) is 17.7 Å². The molecule has 108 valence electrons. The van der Waals surface area contributed by atoms with Gasteiger partial charge < -0.3 is 16.2 Å². The van der Waals surface area contributed by atoms with Crippen LogP contribution in [0.4, 0.5) is 11.4 Å². The second-order valence-corrected chi connectivity index (χ2v) is 5.29. The van der Waals surface area contributed by atoms with Crippen LogP contribution in [-0.2, 0) is 11.2 Å². The molecule has 0 aliphatic carbocycles. The lowest BCUT2D eigenvalue weighted by molar-refractivity contribution is -0.115. The number of nitrogens with one attached hydrogen (secondary N) is 1. The molecular formula is C15H13BrN2O3. The van der Waals surface area contributed by atoms with Crippen molar-refractivity contribution in [3.8, 4) is 0 Å². The average molecular weight is 349 g/mol. The Kier molecular flexibility index (Phi) is 4.59. The van der Waals surface area contributed by atoms with Gasteiger partial charge in [0.25, 0.3) is 0 Å². The number of hydrogen-bond acceptors (Lipinski definition) is 3. The maximum Gasteiger partial charge on any atom is 0.337 e.